The van der Waals surface area contributed by atoms with Crippen LogP contribution in [0.2, 0.25) is 0 Å². The van der Waals surface area contributed by atoms with Crippen LogP contribution in [0.3, 0.4) is 0 Å². The van der Waals surface area contributed by atoms with Gasteiger partial charge in [-0.15, -0.1) is 5.10 Å². The van der Waals surface area contributed by atoms with Gasteiger partial charge in [0.25, 0.3) is 11.5 Å². The van der Waals surface area contributed by atoms with Crippen molar-refractivity contribution in [3.05, 3.63) is 51.1 Å². The third-order valence-corrected chi connectivity index (χ3v) is 5.20. The summed E-state index contributed by atoms with van der Waals surface area (Å²) < 4.78 is 1.69. The van der Waals surface area contributed by atoms with Crippen LogP contribution >= 0.6 is 0 Å². The number of hydrogen-bond acceptors (Lipinski definition) is 5. The molecule has 1 N–H and O–H groups in total. The lowest BCUT2D eigenvalue weighted by Crippen LogP contribution is -2.41. The third-order valence-electron chi connectivity index (χ3n) is 5.20. The molecule has 1 aromatic carbocycles. The molecule has 28 heavy (non-hydrogen) atoms. The highest BCUT2D eigenvalue weighted by molar-refractivity contribution is 5.94. The molecule has 0 spiro atoms. The molecule has 1 fully saturated rings. The lowest BCUT2D eigenvalue weighted by molar-refractivity contribution is 0.0660. The molecule has 0 aliphatic carbocycles. The number of nitrogens with zero attached hydrogens (tertiary/aromatic N) is 5. The minimum absolute atomic E-state index is 0.0744. The predicted octanol–water partition coefficient (Wildman–Crippen LogP) is 1.99. The molecule has 2 aromatic heterocycles. The topological polar surface area (TPSA) is 96.8 Å². The van der Waals surface area contributed by atoms with Crippen LogP contribution in [0.25, 0.3) is 11.2 Å². The Hall–Kier alpha value is -3.03. The van der Waals surface area contributed by atoms with Crippen LogP contribution in [0, 0.1) is 26.7 Å². The van der Waals surface area contributed by atoms with E-state index in [1.807, 2.05) is 30.9 Å². The summed E-state index contributed by atoms with van der Waals surface area (Å²) in [5.74, 6) is 0.858. The maximum absolute atomic E-state index is 13.0. The van der Waals surface area contributed by atoms with Crippen molar-refractivity contribution in [1.82, 2.24) is 29.9 Å². The average Bonchev–Trinajstić information content (AvgIpc) is 3.03. The summed E-state index contributed by atoms with van der Waals surface area (Å²) in [7, 11) is 0. The Balaban J connectivity index is 1.53. The van der Waals surface area contributed by atoms with E-state index in [-0.39, 0.29) is 22.9 Å². The smallest absolute Gasteiger partial charge is 0.281 e. The molecule has 8 nitrogen and oxygen atoms in total. The molecule has 0 bridgehead atoms. The molecule has 1 amide bonds. The summed E-state index contributed by atoms with van der Waals surface area (Å²) in [5, 5.41) is 8.10. The van der Waals surface area contributed by atoms with Crippen LogP contribution in [0.5, 0.6) is 0 Å². The first-order valence-corrected chi connectivity index (χ1v) is 9.58. The van der Waals surface area contributed by atoms with E-state index in [9.17, 15) is 9.59 Å². The summed E-state index contributed by atoms with van der Waals surface area (Å²) in [5.41, 5.74) is 3.41. The molecular weight excluding hydrogens is 356 g/mol. The van der Waals surface area contributed by atoms with Crippen LogP contribution in [0.15, 0.2) is 23.0 Å². The molecule has 4 rings (SSSR count). The number of hydrogen-bond donors (Lipinski definition) is 1. The Morgan fingerprint density at radius 1 is 1.21 bits per heavy atom. The van der Waals surface area contributed by atoms with Gasteiger partial charge in [0.15, 0.2) is 11.2 Å². The highest BCUT2D eigenvalue weighted by Gasteiger charge is 2.26. The van der Waals surface area contributed by atoms with E-state index in [0.717, 1.165) is 36.1 Å². The fourth-order valence-electron chi connectivity index (χ4n) is 4.02. The molecule has 1 aliphatic rings. The van der Waals surface area contributed by atoms with Gasteiger partial charge in [-0.2, -0.15) is 0 Å². The normalized spacial score (nSPS) is 17.2. The van der Waals surface area contributed by atoms with E-state index < -0.39 is 0 Å². The molecule has 0 unspecified atom stereocenters. The van der Waals surface area contributed by atoms with Crippen LogP contribution in [0.4, 0.5) is 0 Å². The molecule has 146 valence electrons. The van der Waals surface area contributed by atoms with E-state index in [1.54, 1.807) is 11.6 Å². The van der Waals surface area contributed by atoms with E-state index >= 15 is 0 Å². The lowest BCUT2D eigenvalue weighted by atomic mass is 9.97. The minimum Gasteiger partial charge on any atom is -0.338 e. The zero-order valence-electron chi connectivity index (χ0n) is 16.4. The molecule has 0 saturated carbocycles. The number of nitrogens with one attached hydrogen (secondary N) is 1. The molecule has 3 heterocycles. The van der Waals surface area contributed by atoms with Gasteiger partial charge in [-0.1, -0.05) is 22.4 Å². The van der Waals surface area contributed by atoms with Gasteiger partial charge in [-0.05, 0) is 51.7 Å². The maximum Gasteiger partial charge on any atom is 0.281 e. The minimum atomic E-state index is -0.274. The van der Waals surface area contributed by atoms with Crippen molar-refractivity contribution in [2.24, 2.45) is 5.92 Å². The summed E-state index contributed by atoms with van der Waals surface area (Å²) in [6.45, 7) is 7.77. The number of benzene rings is 1. The Bertz CT molecular complexity index is 1080. The molecule has 8 heteroatoms. The molecule has 3 aromatic rings. The highest BCUT2D eigenvalue weighted by atomic mass is 16.2. The SMILES string of the molecule is Cc1cc(C)cc(C(=O)N2CCC[C@@H](Cn3nnc4c(=O)[nH]c(C)nc43)C2)c1. The number of fused-ring (bicyclic) bond motifs is 1. The largest absolute Gasteiger partial charge is 0.338 e. The molecular formula is C20H24N6O2. The van der Waals surface area contributed by atoms with Gasteiger partial charge in [0.1, 0.15) is 5.82 Å². The van der Waals surface area contributed by atoms with Gasteiger partial charge in [0.05, 0.1) is 0 Å². The van der Waals surface area contributed by atoms with Crippen molar-refractivity contribution in [3.8, 4) is 0 Å². The van der Waals surface area contributed by atoms with Crippen LogP contribution < -0.4 is 5.56 Å². The fourth-order valence-corrected chi connectivity index (χ4v) is 4.02. The second-order valence-electron chi connectivity index (χ2n) is 7.73. The summed E-state index contributed by atoms with van der Waals surface area (Å²) >= 11 is 0. The molecule has 1 saturated heterocycles. The van der Waals surface area contributed by atoms with Crippen LogP contribution in [0.1, 0.15) is 40.2 Å². The number of likely N-dealkylation sites (tertiary alicyclic amines) is 1. The number of aromatic nitrogens is 5. The number of aromatic amines is 1. The Morgan fingerprint density at radius 2 is 1.96 bits per heavy atom. The van der Waals surface area contributed by atoms with Crippen molar-refractivity contribution < 1.29 is 4.79 Å². The van der Waals surface area contributed by atoms with Crippen LogP contribution in [-0.2, 0) is 6.54 Å². The zero-order valence-corrected chi connectivity index (χ0v) is 16.4. The van der Waals surface area contributed by atoms with E-state index in [0.29, 0.717) is 24.6 Å². The van der Waals surface area contributed by atoms with Crippen molar-refractivity contribution in [2.75, 3.05) is 13.1 Å². The first-order chi connectivity index (χ1) is 13.4. The average molecular weight is 380 g/mol. The maximum atomic E-state index is 13.0. The number of piperidine rings is 1. The Morgan fingerprint density at radius 3 is 2.71 bits per heavy atom. The van der Waals surface area contributed by atoms with Gasteiger partial charge in [0, 0.05) is 25.2 Å². The first-order valence-electron chi connectivity index (χ1n) is 9.58. The summed E-state index contributed by atoms with van der Waals surface area (Å²) in [6.07, 6.45) is 1.95. The van der Waals surface area contributed by atoms with Gasteiger partial charge in [-0.3, -0.25) is 9.59 Å². The molecule has 0 radical (unpaired) electrons. The predicted molar refractivity (Wildman–Crippen MR) is 105 cm³/mol. The van der Waals surface area contributed by atoms with Gasteiger partial charge in [0.2, 0.25) is 0 Å². The standard InChI is InChI=1S/C20H24N6O2/c1-12-7-13(2)9-16(8-12)20(28)25-6-4-5-15(10-25)11-26-18-17(23-24-26)19(27)22-14(3)21-18/h7-9,15H,4-6,10-11H2,1-3H3,(H,21,22,27)/t15-/m1/s1. The number of carbonyl (C=O) groups excluding carboxylic acids is 1. The van der Waals surface area contributed by atoms with E-state index in [4.69, 9.17) is 0 Å². The first kappa shape index (κ1) is 18.3. The lowest BCUT2D eigenvalue weighted by Gasteiger charge is -2.33. The number of H-pyrrole nitrogens is 1. The van der Waals surface area contributed by atoms with Crippen LogP contribution in [-0.4, -0.2) is 48.9 Å². The van der Waals surface area contributed by atoms with E-state index in [1.165, 1.54) is 0 Å². The molecule has 1 atom stereocenters. The molecule has 1 aliphatic heterocycles. The number of amides is 1. The second kappa shape index (κ2) is 7.18. The van der Waals surface area contributed by atoms with Crippen molar-refractivity contribution in [2.45, 2.75) is 40.2 Å². The monoisotopic (exact) mass is 380 g/mol. The van der Waals surface area contributed by atoms with Crippen molar-refractivity contribution >= 4 is 17.1 Å². The van der Waals surface area contributed by atoms with Crippen molar-refractivity contribution in [1.29, 1.82) is 0 Å². The fraction of sp³-hybridized carbons (Fsp3) is 0.450. The van der Waals surface area contributed by atoms with Gasteiger partial charge in [-0.25, -0.2) is 9.67 Å². The van der Waals surface area contributed by atoms with Gasteiger partial charge < -0.3 is 9.88 Å². The number of carbonyl (C=O) groups is 1. The van der Waals surface area contributed by atoms with Crippen molar-refractivity contribution in [3.63, 3.8) is 0 Å². The number of rotatable bonds is 3. The third kappa shape index (κ3) is 3.54. The van der Waals surface area contributed by atoms with E-state index in [2.05, 4.69) is 26.3 Å². The van der Waals surface area contributed by atoms with Gasteiger partial charge >= 0.3 is 0 Å². The number of aryl methyl sites for hydroxylation is 3. The quantitative estimate of drug-likeness (QED) is 0.749. The Kier molecular flexibility index (Phi) is 4.70. The summed E-state index contributed by atoms with van der Waals surface area (Å²) in [4.78, 5) is 33.9. The zero-order chi connectivity index (χ0) is 19.8. The second-order valence-corrected chi connectivity index (χ2v) is 7.73. The Labute approximate surface area is 162 Å². The summed E-state index contributed by atoms with van der Waals surface area (Å²) in [6, 6.07) is 5.97. The highest BCUT2D eigenvalue weighted by Crippen LogP contribution is 2.22.